The molecular formula is C15H13Br2F. The highest BCUT2D eigenvalue weighted by molar-refractivity contribution is 9.10. The van der Waals surface area contributed by atoms with Gasteiger partial charge in [-0.05, 0) is 64.2 Å². The molecule has 0 heterocycles. The van der Waals surface area contributed by atoms with E-state index in [1.165, 1.54) is 22.8 Å². The predicted octanol–water partition coefficient (Wildman–Crippen LogP) is 5.69. The largest absolute Gasteiger partial charge is 0.206 e. The summed E-state index contributed by atoms with van der Waals surface area (Å²) in [5, 5.41) is 0. The van der Waals surface area contributed by atoms with Crippen LogP contribution in [0.15, 0.2) is 40.9 Å². The molecule has 0 aliphatic heterocycles. The van der Waals surface area contributed by atoms with Crippen LogP contribution < -0.4 is 0 Å². The van der Waals surface area contributed by atoms with Gasteiger partial charge >= 0.3 is 0 Å². The Bertz CT molecular complexity index is 527. The van der Waals surface area contributed by atoms with E-state index in [1.54, 1.807) is 6.07 Å². The molecule has 0 amide bonds. The molecule has 0 nitrogen and oxygen atoms in total. The Morgan fingerprint density at radius 3 is 2.17 bits per heavy atom. The lowest BCUT2D eigenvalue weighted by Crippen LogP contribution is -1.95. The van der Waals surface area contributed by atoms with Gasteiger partial charge in [0.05, 0.1) is 9.30 Å². The first-order valence-corrected chi connectivity index (χ1v) is 7.36. The zero-order valence-corrected chi connectivity index (χ0v) is 13.3. The topological polar surface area (TPSA) is 0 Å². The third kappa shape index (κ3) is 2.83. The average Bonchev–Trinajstić information content (AvgIpc) is 2.35. The zero-order chi connectivity index (χ0) is 13.3. The molecule has 0 radical (unpaired) electrons. The fourth-order valence-electron chi connectivity index (χ4n) is 1.78. The van der Waals surface area contributed by atoms with E-state index in [-0.39, 0.29) is 10.6 Å². The third-order valence-corrected chi connectivity index (χ3v) is 4.72. The molecular weight excluding hydrogens is 359 g/mol. The fraction of sp³-hybridized carbons (Fsp3) is 0.200. The Morgan fingerprint density at radius 1 is 0.944 bits per heavy atom. The normalized spacial score (nSPS) is 12.5. The summed E-state index contributed by atoms with van der Waals surface area (Å²) in [6.07, 6.45) is 0. The molecule has 0 aliphatic rings. The summed E-state index contributed by atoms with van der Waals surface area (Å²) >= 11 is 6.89. The molecule has 0 aliphatic carbocycles. The molecule has 0 bridgehead atoms. The molecule has 1 unspecified atom stereocenters. The van der Waals surface area contributed by atoms with E-state index < -0.39 is 0 Å². The van der Waals surface area contributed by atoms with Crippen molar-refractivity contribution in [1.29, 1.82) is 0 Å². The van der Waals surface area contributed by atoms with Gasteiger partial charge in [0.15, 0.2) is 0 Å². The summed E-state index contributed by atoms with van der Waals surface area (Å²) in [5.74, 6) is -0.237. The van der Waals surface area contributed by atoms with E-state index in [0.717, 1.165) is 5.56 Å². The van der Waals surface area contributed by atoms with Crippen LogP contribution in [0, 0.1) is 19.7 Å². The average molecular weight is 372 g/mol. The maximum Gasteiger partial charge on any atom is 0.137 e. The van der Waals surface area contributed by atoms with E-state index >= 15 is 0 Å². The molecule has 3 heteroatoms. The van der Waals surface area contributed by atoms with Gasteiger partial charge in [-0.25, -0.2) is 4.39 Å². The van der Waals surface area contributed by atoms with Crippen molar-refractivity contribution in [2.45, 2.75) is 18.7 Å². The van der Waals surface area contributed by atoms with Crippen LogP contribution in [0.5, 0.6) is 0 Å². The first kappa shape index (κ1) is 13.8. The quantitative estimate of drug-likeness (QED) is 0.595. The van der Waals surface area contributed by atoms with Gasteiger partial charge in [-0.1, -0.05) is 40.2 Å². The van der Waals surface area contributed by atoms with Crippen LogP contribution in [0.3, 0.4) is 0 Å². The van der Waals surface area contributed by atoms with Crippen molar-refractivity contribution in [3.05, 3.63) is 68.9 Å². The van der Waals surface area contributed by atoms with Gasteiger partial charge in [0.2, 0.25) is 0 Å². The summed E-state index contributed by atoms with van der Waals surface area (Å²) in [5.41, 5.74) is 4.75. The maximum absolute atomic E-state index is 13.2. The van der Waals surface area contributed by atoms with Crippen molar-refractivity contribution in [2.24, 2.45) is 0 Å². The van der Waals surface area contributed by atoms with Crippen LogP contribution in [0.2, 0.25) is 0 Å². The second-order valence-electron chi connectivity index (χ2n) is 4.38. The third-order valence-electron chi connectivity index (χ3n) is 3.06. The number of halogens is 3. The lowest BCUT2D eigenvalue weighted by atomic mass is 10.0. The second kappa shape index (κ2) is 5.54. The minimum Gasteiger partial charge on any atom is -0.206 e. The van der Waals surface area contributed by atoms with Crippen LogP contribution in [-0.2, 0) is 0 Å². The zero-order valence-electron chi connectivity index (χ0n) is 10.2. The van der Waals surface area contributed by atoms with E-state index in [0.29, 0.717) is 4.47 Å². The smallest absolute Gasteiger partial charge is 0.137 e. The molecule has 0 N–H and O–H groups in total. The maximum atomic E-state index is 13.2. The SMILES string of the molecule is Cc1ccc(C(Br)c2ccc(F)c(Br)c2)cc1C. The molecule has 0 saturated carbocycles. The van der Waals surface area contributed by atoms with Crippen LogP contribution in [-0.4, -0.2) is 0 Å². The van der Waals surface area contributed by atoms with E-state index in [2.05, 4.69) is 63.9 Å². The van der Waals surface area contributed by atoms with Crippen LogP contribution in [0.1, 0.15) is 27.1 Å². The first-order valence-electron chi connectivity index (χ1n) is 5.65. The summed E-state index contributed by atoms with van der Waals surface area (Å²) < 4.78 is 13.7. The van der Waals surface area contributed by atoms with Gasteiger partial charge < -0.3 is 0 Å². The van der Waals surface area contributed by atoms with Gasteiger partial charge in [-0.3, -0.25) is 0 Å². The standard InChI is InChI=1S/C15H13Br2F/c1-9-3-4-11(7-10(9)2)15(17)12-5-6-14(18)13(16)8-12/h3-8,15H,1-2H3. The molecule has 0 saturated heterocycles. The van der Waals surface area contributed by atoms with Crippen LogP contribution >= 0.6 is 31.9 Å². The number of hydrogen-bond acceptors (Lipinski definition) is 0. The number of rotatable bonds is 2. The molecule has 94 valence electrons. The molecule has 2 aromatic rings. The van der Waals surface area contributed by atoms with E-state index in [9.17, 15) is 4.39 Å². The Morgan fingerprint density at radius 2 is 1.56 bits per heavy atom. The molecule has 0 fully saturated rings. The summed E-state index contributed by atoms with van der Waals surface area (Å²) in [7, 11) is 0. The highest BCUT2D eigenvalue weighted by Gasteiger charge is 2.12. The number of benzene rings is 2. The van der Waals surface area contributed by atoms with E-state index in [1.807, 2.05) is 6.07 Å². The monoisotopic (exact) mass is 370 g/mol. The molecule has 18 heavy (non-hydrogen) atoms. The summed E-state index contributed by atoms with van der Waals surface area (Å²) in [6.45, 7) is 4.19. The Hall–Kier alpha value is -0.670. The number of aryl methyl sites for hydroxylation is 2. The Balaban J connectivity index is 2.37. The van der Waals surface area contributed by atoms with Crippen LogP contribution in [0.25, 0.3) is 0 Å². The van der Waals surface area contributed by atoms with E-state index in [4.69, 9.17) is 0 Å². The highest BCUT2D eigenvalue weighted by Crippen LogP contribution is 2.33. The lowest BCUT2D eigenvalue weighted by molar-refractivity contribution is 0.620. The molecule has 0 spiro atoms. The van der Waals surface area contributed by atoms with Crippen molar-refractivity contribution in [2.75, 3.05) is 0 Å². The first-order chi connectivity index (χ1) is 8.49. The molecule has 2 rings (SSSR count). The molecule has 1 atom stereocenters. The number of hydrogen-bond donors (Lipinski definition) is 0. The minimum atomic E-state index is -0.237. The fourth-order valence-corrected chi connectivity index (χ4v) is 2.75. The minimum absolute atomic E-state index is 0.0775. The Kier molecular flexibility index (Phi) is 4.23. The lowest BCUT2D eigenvalue weighted by Gasteiger charge is -2.13. The van der Waals surface area contributed by atoms with Gasteiger partial charge in [0.25, 0.3) is 0 Å². The molecule has 0 aromatic heterocycles. The number of alkyl halides is 1. The highest BCUT2D eigenvalue weighted by atomic mass is 79.9. The molecule has 2 aromatic carbocycles. The van der Waals surface area contributed by atoms with Gasteiger partial charge in [0.1, 0.15) is 5.82 Å². The van der Waals surface area contributed by atoms with Crippen molar-refractivity contribution in [1.82, 2.24) is 0 Å². The van der Waals surface area contributed by atoms with Crippen molar-refractivity contribution in [3.63, 3.8) is 0 Å². The van der Waals surface area contributed by atoms with Crippen molar-refractivity contribution < 1.29 is 4.39 Å². The van der Waals surface area contributed by atoms with Gasteiger partial charge in [0, 0.05) is 0 Å². The Labute approximate surface area is 123 Å². The van der Waals surface area contributed by atoms with Crippen LogP contribution in [0.4, 0.5) is 4.39 Å². The van der Waals surface area contributed by atoms with Crippen molar-refractivity contribution >= 4 is 31.9 Å². The van der Waals surface area contributed by atoms with Crippen molar-refractivity contribution in [3.8, 4) is 0 Å². The second-order valence-corrected chi connectivity index (χ2v) is 6.15. The summed E-state index contributed by atoms with van der Waals surface area (Å²) in [6, 6.07) is 11.5. The predicted molar refractivity (Wildman–Crippen MR) is 80.8 cm³/mol. The van der Waals surface area contributed by atoms with Gasteiger partial charge in [-0.2, -0.15) is 0 Å². The summed E-state index contributed by atoms with van der Waals surface area (Å²) in [4.78, 5) is 0.0775. The van der Waals surface area contributed by atoms with Gasteiger partial charge in [-0.15, -0.1) is 0 Å².